The maximum atomic E-state index is 12.3. The maximum Gasteiger partial charge on any atom is 0.326 e. The van der Waals surface area contributed by atoms with Crippen LogP contribution in [0.2, 0.25) is 0 Å². The maximum absolute atomic E-state index is 12.3. The van der Waals surface area contributed by atoms with E-state index >= 15 is 0 Å². The Balaban J connectivity index is 2.68. The molecular weight excluding hydrogens is 426 g/mol. The number of rotatable bonds is 13. The molecule has 3 unspecified atom stereocenters. The molecular formula is C19H25N5O8. The van der Waals surface area contributed by atoms with E-state index in [0.29, 0.717) is 5.56 Å². The lowest BCUT2D eigenvalue weighted by Crippen LogP contribution is -2.54. The third-order valence-corrected chi connectivity index (χ3v) is 4.11. The molecule has 0 aliphatic rings. The van der Waals surface area contributed by atoms with E-state index in [1.165, 1.54) is 0 Å². The van der Waals surface area contributed by atoms with Crippen LogP contribution in [-0.2, 0) is 35.2 Å². The predicted octanol–water partition coefficient (Wildman–Crippen LogP) is -2.92. The molecule has 13 heteroatoms. The van der Waals surface area contributed by atoms with Gasteiger partial charge in [-0.1, -0.05) is 30.3 Å². The van der Waals surface area contributed by atoms with Gasteiger partial charge < -0.3 is 37.6 Å². The number of nitrogens with two attached hydrogens (primary N) is 2. The second-order valence-electron chi connectivity index (χ2n) is 6.80. The number of nitrogens with one attached hydrogen (secondary N) is 3. The van der Waals surface area contributed by atoms with Crippen molar-refractivity contribution >= 4 is 35.6 Å². The van der Waals surface area contributed by atoms with Gasteiger partial charge in [0.15, 0.2) is 0 Å². The first-order valence-electron chi connectivity index (χ1n) is 9.39. The zero-order valence-corrected chi connectivity index (χ0v) is 16.9. The first kappa shape index (κ1) is 26.0. The molecule has 0 aliphatic carbocycles. The molecule has 4 amide bonds. The zero-order valence-electron chi connectivity index (χ0n) is 16.9. The molecule has 0 fully saturated rings. The van der Waals surface area contributed by atoms with Crippen LogP contribution < -0.4 is 27.4 Å². The molecule has 32 heavy (non-hydrogen) atoms. The average Bonchev–Trinajstić information content (AvgIpc) is 2.70. The summed E-state index contributed by atoms with van der Waals surface area (Å²) in [6.45, 7) is -0.649. The normalized spacial score (nSPS) is 13.2. The zero-order chi connectivity index (χ0) is 24.3. The number of aliphatic carboxylic acids is 2. The lowest BCUT2D eigenvalue weighted by atomic mass is 10.1. The van der Waals surface area contributed by atoms with Gasteiger partial charge in [-0.05, 0) is 5.56 Å². The van der Waals surface area contributed by atoms with E-state index in [0.717, 1.165) is 0 Å². The summed E-state index contributed by atoms with van der Waals surface area (Å²) >= 11 is 0. The predicted molar refractivity (Wildman–Crippen MR) is 109 cm³/mol. The molecule has 9 N–H and O–H groups in total. The summed E-state index contributed by atoms with van der Waals surface area (Å²) in [5.74, 6) is -6.37. The van der Waals surface area contributed by atoms with Crippen molar-refractivity contribution in [2.75, 3.05) is 6.54 Å². The molecule has 0 aromatic heterocycles. The van der Waals surface area contributed by atoms with Crippen LogP contribution in [0.1, 0.15) is 18.4 Å². The third-order valence-electron chi connectivity index (χ3n) is 4.11. The van der Waals surface area contributed by atoms with E-state index in [9.17, 15) is 33.9 Å². The lowest BCUT2D eigenvalue weighted by molar-refractivity contribution is -0.141. The molecule has 3 atom stereocenters. The fourth-order valence-corrected chi connectivity index (χ4v) is 2.56. The quantitative estimate of drug-likeness (QED) is 0.162. The molecule has 0 spiro atoms. The molecule has 1 aromatic carbocycles. The number of hydrogen-bond acceptors (Lipinski definition) is 7. The Hall–Kier alpha value is -4.00. The second-order valence-corrected chi connectivity index (χ2v) is 6.80. The van der Waals surface area contributed by atoms with Gasteiger partial charge in [0.25, 0.3) is 0 Å². The SMILES string of the molecule is NC(=O)CC(NC(=O)C(N)CC(=O)O)C(=O)NCC(=O)NC(Cc1ccccc1)C(=O)O. The van der Waals surface area contributed by atoms with Crippen molar-refractivity contribution in [2.45, 2.75) is 37.4 Å². The number of carboxylic acids is 2. The summed E-state index contributed by atoms with van der Waals surface area (Å²) < 4.78 is 0. The van der Waals surface area contributed by atoms with Crippen molar-refractivity contribution < 1.29 is 39.0 Å². The highest BCUT2D eigenvalue weighted by Crippen LogP contribution is 2.03. The van der Waals surface area contributed by atoms with Crippen molar-refractivity contribution in [3.63, 3.8) is 0 Å². The number of amides is 4. The summed E-state index contributed by atoms with van der Waals surface area (Å²) in [6, 6.07) is 4.32. The Morgan fingerprint density at radius 1 is 0.875 bits per heavy atom. The van der Waals surface area contributed by atoms with Crippen LogP contribution in [0, 0.1) is 0 Å². The molecule has 174 valence electrons. The van der Waals surface area contributed by atoms with Gasteiger partial charge in [0.2, 0.25) is 23.6 Å². The van der Waals surface area contributed by atoms with Crippen molar-refractivity contribution in [3.05, 3.63) is 35.9 Å². The van der Waals surface area contributed by atoms with Gasteiger partial charge in [-0.2, -0.15) is 0 Å². The van der Waals surface area contributed by atoms with E-state index in [-0.39, 0.29) is 6.42 Å². The molecule has 1 rings (SSSR count). The number of primary amides is 1. The molecule has 0 radical (unpaired) electrons. The largest absolute Gasteiger partial charge is 0.481 e. The highest BCUT2D eigenvalue weighted by atomic mass is 16.4. The van der Waals surface area contributed by atoms with E-state index in [4.69, 9.17) is 16.6 Å². The van der Waals surface area contributed by atoms with Crippen LogP contribution in [0.15, 0.2) is 30.3 Å². The van der Waals surface area contributed by atoms with Gasteiger partial charge in [0.1, 0.15) is 12.1 Å². The van der Waals surface area contributed by atoms with Crippen molar-refractivity contribution in [2.24, 2.45) is 11.5 Å². The Kier molecular flexibility index (Phi) is 10.3. The van der Waals surface area contributed by atoms with Crippen LogP contribution in [0.5, 0.6) is 0 Å². The number of carbonyl (C=O) groups excluding carboxylic acids is 4. The minimum atomic E-state index is -1.51. The molecule has 0 bridgehead atoms. The highest BCUT2D eigenvalue weighted by molar-refractivity contribution is 5.95. The van der Waals surface area contributed by atoms with Crippen LogP contribution in [0.3, 0.4) is 0 Å². The van der Waals surface area contributed by atoms with Gasteiger partial charge in [0.05, 0.1) is 25.4 Å². The Morgan fingerprint density at radius 3 is 2.03 bits per heavy atom. The van der Waals surface area contributed by atoms with Gasteiger partial charge in [-0.15, -0.1) is 0 Å². The summed E-state index contributed by atoms with van der Waals surface area (Å²) in [6.07, 6.45) is -1.33. The lowest BCUT2D eigenvalue weighted by Gasteiger charge is -2.19. The van der Waals surface area contributed by atoms with Crippen LogP contribution >= 0.6 is 0 Å². The van der Waals surface area contributed by atoms with Crippen molar-refractivity contribution in [1.29, 1.82) is 0 Å². The smallest absolute Gasteiger partial charge is 0.326 e. The Morgan fingerprint density at radius 2 is 1.50 bits per heavy atom. The summed E-state index contributed by atoms with van der Waals surface area (Å²) in [4.78, 5) is 69.6. The van der Waals surface area contributed by atoms with Gasteiger partial charge >= 0.3 is 11.9 Å². The minimum absolute atomic E-state index is 0.0116. The molecule has 0 saturated carbocycles. The van der Waals surface area contributed by atoms with E-state index in [2.05, 4.69) is 16.0 Å². The molecule has 0 heterocycles. The first-order valence-corrected chi connectivity index (χ1v) is 9.39. The summed E-state index contributed by atoms with van der Waals surface area (Å²) in [5, 5.41) is 24.5. The number of hydrogen-bond donors (Lipinski definition) is 7. The fraction of sp³-hybridized carbons (Fsp3) is 0.368. The first-order chi connectivity index (χ1) is 15.0. The Bertz CT molecular complexity index is 861. The Labute approximate surface area is 182 Å². The number of benzene rings is 1. The third kappa shape index (κ3) is 9.67. The van der Waals surface area contributed by atoms with E-state index in [1.54, 1.807) is 30.3 Å². The van der Waals surface area contributed by atoms with Crippen LogP contribution in [0.4, 0.5) is 0 Å². The number of carbonyl (C=O) groups is 6. The second kappa shape index (κ2) is 12.6. The summed E-state index contributed by atoms with van der Waals surface area (Å²) in [5.41, 5.74) is 11.1. The highest BCUT2D eigenvalue weighted by Gasteiger charge is 2.27. The summed E-state index contributed by atoms with van der Waals surface area (Å²) in [7, 11) is 0. The molecule has 1 aromatic rings. The minimum Gasteiger partial charge on any atom is -0.481 e. The van der Waals surface area contributed by atoms with Crippen LogP contribution in [0.25, 0.3) is 0 Å². The molecule has 13 nitrogen and oxygen atoms in total. The number of carboxylic acid groups (broad SMARTS) is 2. The standard InChI is InChI=1S/C19H25N5O8/c20-11(7-16(27)28)17(29)24-12(8-14(21)25)18(30)22-9-15(26)23-13(19(31)32)6-10-4-2-1-3-5-10/h1-5,11-13H,6-9,20H2,(H2,21,25)(H,22,30)(H,23,26)(H,24,29)(H,27,28)(H,31,32). The van der Waals surface area contributed by atoms with E-state index in [1.807, 2.05) is 0 Å². The van der Waals surface area contributed by atoms with Crippen LogP contribution in [-0.4, -0.2) is 70.5 Å². The monoisotopic (exact) mass is 451 g/mol. The fourth-order valence-electron chi connectivity index (χ4n) is 2.56. The molecule has 0 aliphatic heterocycles. The molecule has 0 saturated heterocycles. The van der Waals surface area contributed by atoms with Crippen molar-refractivity contribution in [3.8, 4) is 0 Å². The van der Waals surface area contributed by atoms with Gasteiger partial charge in [-0.25, -0.2) is 4.79 Å². The average molecular weight is 451 g/mol. The van der Waals surface area contributed by atoms with Gasteiger partial charge in [-0.3, -0.25) is 24.0 Å². The topological polar surface area (TPSA) is 231 Å². The van der Waals surface area contributed by atoms with Gasteiger partial charge in [0, 0.05) is 6.42 Å². The van der Waals surface area contributed by atoms with E-state index < -0.39 is 73.1 Å². The van der Waals surface area contributed by atoms with Crippen molar-refractivity contribution in [1.82, 2.24) is 16.0 Å².